The van der Waals surface area contributed by atoms with E-state index < -0.39 is 0 Å². The summed E-state index contributed by atoms with van der Waals surface area (Å²) in [5.74, 6) is 0.933. The second kappa shape index (κ2) is 6.73. The lowest BCUT2D eigenvalue weighted by molar-refractivity contribution is 0.264. The van der Waals surface area contributed by atoms with Gasteiger partial charge in [-0.1, -0.05) is 17.7 Å². The molecule has 0 radical (unpaired) electrons. The van der Waals surface area contributed by atoms with Gasteiger partial charge in [0.2, 0.25) is 0 Å². The molecular weight excluding hydrogens is 254 g/mol. The Kier molecular flexibility index (Phi) is 5.00. The highest BCUT2D eigenvalue weighted by Crippen LogP contribution is 2.16. The molecule has 0 fully saturated rings. The molecule has 0 aliphatic carbocycles. The Balaban J connectivity index is 1.78. The van der Waals surface area contributed by atoms with Gasteiger partial charge in [-0.3, -0.25) is 0 Å². The summed E-state index contributed by atoms with van der Waals surface area (Å²) in [6.45, 7) is 7.09. The van der Waals surface area contributed by atoms with Crippen LogP contribution in [-0.2, 0) is 0 Å². The molecule has 1 N–H and O–H groups in total. The van der Waals surface area contributed by atoms with Crippen LogP contribution in [0.1, 0.15) is 31.0 Å². The fraction of sp³-hybridized carbons (Fsp3) is 0.375. The van der Waals surface area contributed by atoms with Crippen LogP contribution in [0.5, 0.6) is 5.75 Å². The lowest BCUT2D eigenvalue weighted by Gasteiger charge is -2.20. The number of ether oxygens (including phenoxy) is 1. The first-order chi connectivity index (χ1) is 9.15. The molecule has 3 heteroatoms. The van der Waals surface area contributed by atoms with Crippen molar-refractivity contribution in [1.29, 1.82) is 0 Å². The van der Waals surface area contributed by atoms with Crippen molar-refractivity contribution in [2.24, 2.45) is 0 Å². The third kappa shape index (κ3) is 4.37. The van der Waals surface area contributed by atoms with E-state index in [1.54, 1.807) is 11.3 Å². The average molecular weight is 275 g/mol. The molecule has 0 bridgehead atoms. The van der Waals surface area contributed by atoms with Crippen LogP contribution in [0.3, 0.4) is 0 Å². The predicted molar refractivity (Wildman–Crippen MR) is 82.0 cm³/mol. The first-order valence-corrected chi connectivity index (χ1v) is 7.57. The van der Waals surface area contributed by atoms with Gasteiger partial charge in [0.1, 0.15) is 12.4 Å². The van der Waals surface area contributed by atoms with Gasteiger partial charge in [0.25, 0.3) is 0 Å². The van der Waals surface area contributed by atoms with Gasteiger partial charge in [-0.05, 0) is 55.3 Å². The molecule has 19 heavy (non-hydrogen) atoms. The molecule has 1 aromatic carbocycles. The Hall–Kier alpha value is -1.32. The zero-order chi connectivity index (χ0) is 13.7. The Labute approximate surface area is 119 Å². The zero-order valence-electron chi connectivity index (χ0n) is 11.7. The predicted octanol–water partition coefficient (Wildman–Crippen LogP) is 4.17. The van der Waals surface area contributed by atoms with E-state index in [9.17, 15) is 0 Å². The minimum absolute atomic E-state index is 0.316. The number of nitrogens with one attached hydrogen (secondary N) is 1. The highest BCUT2D eigenvalue weighted by Gasteiger charge is 2.10. The molecule has 2 atom stereocenters. The molecule has 1 aromatic heterocycles. The fourth-order valence-electron chi connectivity index (χ4n) is 1.95. The normalized spacial score (nSPS) is 14.1. The quantitative estimate of drug-likeness (QED) is 0.854. The second-order valence-electron chi connectivity index (χ2n) is 4.97. The highest BCUT2D eigenvalue weighted by molar-refractivity contribution is 7.07. The van der Waals surface area contributed by atoms with Crippen molar-refractivity contribution in [3.63, 3.8) is 0 Å². The topological polar surface area (TPSA) is 21.3 Å². The van der Waals surface area contributed by atoms with Gasteiger partial charge < -0.3 is 10.1 Å². The van der Waals surface area contributed by atoms with Gasteiger partial charge in [0.15, 0.2) is 0 Å². The maximum Gasteiger partial charge on any atom is 0.119 e. The summed E-state index contributed by atoms with van der Waals surface area (Å²) in [5.41, 5.74) is 2.59. The number of rotatable bonds is 6. The molecule has 102 valence electrons. The summed E-state index contributed by atoms with van der Waals surface area (Å²) in [6, 6.07) is 11.0. The first kappa shape index (κ1) is 14.1. The molecule has 2 nitrogen and oxygen atoms in total. The van der Waals surface area contributed by atoms with Gasteiger partial charge in [0, 0.05) is 12.1 Å². The SMILES string of the molecule is Cc1ccc(OCC(C)NC(C)c2ccsc2)cc1. The molecule has 2 unspecified atom stereocenters. The van der Waals surface area contributed by atoms with E-state index in [1.165, 1.54) is 11.1 Å². The third-order valence-electron chi connectivity index (χ3n) is 3.10. The van der Waals surface area contributed by atoms with Crippen molar-refractivity contribution in [1.82, 2.24) is 5.32 Å². The summed E-state index contributed by atoms with van der Waals surface area (Å²) in [7, 11) is 0. The molecule has 1 heterocycles. The van der Waals surface area contributed by atoms with Crippen molar-refractivity contribution in [3.8, 4) is 5.75 Å². The van der Waals surface area contributed by atoms with Crippen molar-refractivity contribution in [2.75, 3.05) is 6.61 Å². The molecule has 0 aliphatic heterocycles. The summed E-state index contributed by atoms with van der Waals surface area (Å²) in [4.78, 5) is 0. The van der Waals surface area contributed by atoms with E-state index in [0.717, 1.165) is 5.75 Å². The van der Waals surface area contributed by atoms with Gasteiger partial charge >= 0.3 is 0 Å². The maximum absolute atomic E-state index is 5.78. The maximum atomic E-state index is 5.78. The van der Waals surface area contributed by atoms with E-state index in [4.69, 9.17) is 4.74 Å². The average Bonchev–Trinajstić information content (AvgIpc) is 2.92. The molecular formula is C16H21NOS. The lowest BCUT2D eigenvalue weighted by atomic mass is 10.1. The van der Waals surface area contributed by atoms with E-state index in [2.05, 4.69) is 55.0 Å². The molecule has 2 aromatic rings. The lowest BCUT2D eigenvalue weighted by Crippen LogP contribution is -2.33. The van der Waals surface area contributed by atoms with Gasteiger partial charge in [0.05, 0.1) is 0 Å². The van der Waals surface area contributed by atoms with E-state index in [-0.39, 0.29) is 0 Å². The van der Waals surface area contributed by atoms with Crippen LogP contribution >= 0.6 is 11.3 Å². The number of thiophene rings is 1. The minimum Gasteiger partial charge on any atom is -0.492 e. The van der Waals surface area contributed by atoms with Gasteiger partial charge in [-0.2, -0.15) is 11.3 Å². The summed E-state index contributed by atoms with van der Waals surface area (Å²) in [6.07, 6.45) is 0. The van der Waals surface area contributed by atoms with Crippen LogP contribution < -0.4 is 10.1 Å². The van der Waals surface area contributed by atoms with E-state index >= 15 is 0 Å². The number of aryl methyl sites for hydroxylation is 1. The Morgan fingerprint density at radius 2 is 1.89 bits per heavy atom. The zero-order valence-corrected chi connectivity index (χ0v) is 12.5. The Bertz CT molecular complexity index is 478. The van der Waals surface area contributed by atoms with E-state index in [1.807, 2.05) is 12.1 Å². The minimum atomic E-state index is 0.316. The van der Waals surface area contributed by atoms with Crippen molar-refractivity contribution in [2.45, 2.75) is 32.9 Å². The number of benzene rings is 1. The van der Waals surface area contributed by atoms with Gasteiger partial charge in [-0.15, -0.1) is 0 Å². The van der Waals surface area contributed by atoms with Gasteiger partial charge in [-0.25, -0.2) is 0 Å². The monoisotopic (exact) mass is 275 g/mol. The number of hydrogen-bond acceptors (Lipinski definition) is 3. The van der Waals surface area contributed by atoms with Crippen LogP contribution in [0.15, 0.2) is 41.1 Å². The van der Waals surface area contributed by atoms with E-state index in [0.29, 0.717) is 18.7 Å². The fourth-order valence-corrected chi connectivity index (χ4v) is 2.70. The number of hydrogen-bond donors (Lipinski definition) is 1. The Morgan fingerprint density at radius 3 is 2.53 bits per heavy atom. The summed E-state index contributed by atoms with van der Waals surface area (Å²) < 4.78 is 5.78. The molecule has 0 aliphatic rings. The smallest absolute Gasteiger partial charge is 0.119 e. The van der Waals surface area contributed by atoms with Crippen molar-refractivity contribution in [3.05, 3.63) is 52.2 Å². The Morgan fingerprint density at radius 1 is 1.16 bits per heavy atom. The second-order valence-corrected chi connectivity index (χ2v) is 5.75. The summed E-state index contributed by atoms with van der Waals surface area (Å²) >= 11 is 1.74. The molecule has 0 saturated carbocycles. The largest absolute Gasteiger partial charge is 0.492 e. The highest BCUT2D eigenvalue weighted by atomic mass is 32.1. The van der Waals surface area contributed by atoms with Crippen molar-refractivity contribution >= 4 is 11.3 Å². The molecule has 0 amide bonds. The van der Waals surface area contributed by atoms with Crippen LogP contribution in [0.2, 0.25) is 0 Å². The first-order valence-electron chi connectivity index (χ1n) is 6.63. The van der Waals surface area contributed by atoms with Crippen molar-refractivity contribution < 1.29 is 4.74 Å². The van der Waals surface area contributed by atoms with Crippen LogP contribution in [0.4, 0.5) is 0 Å². The standard InChI is InChI=1S/C16H21NOS/c1-12-4-6-16(7-5-12)18-10-13(2)17-14(3)15-8-9-19-11-15/h4-9,11,13-14,17H,10H2,1-3H3. The van der Waals surface area contributed by atoms with Crippen LogP contribution in [-0.4, -0.2) is 12.6 Å². The summed E-state index contributed by atoms with van der Waals surface area (Å²) in [5, 5.41) is 7.84. The van der Waals surface area contributed by atoms with Crippen LogP contribution in [0.25, 0.3) is 0 Å². The molecule has 2 rings (SSSR count). The van der Waals surface area contributed by atoms with Crippen LogP contribution in [0, 0.1) is 6.92 Å². The molecule has 0 saturated heterocycles. The molecule has 0 spiro atoms. The third-order valence-corrected chi connectivity index (χ3v) is 3.80.